The normalized spacial score (nSPS) is 12.6. The molecule has 50 heavy (non-hydrogen) atoms. The Kier molecular flexibility index (Phi) is 6.74. The summed E-state index contributed by atoms with van der Waals surface area (Å²) in [6.07, 6.45) is 0. The van der Waals surface area contributed by atoms with Gasteiger partial charge in [0, 0.05) is 27.5 Å². The molecular weight excluding hydrogens is 619 g/mol. The van der Waals surface area contributed by atoms with E-state index in [0.29, 0.717) is 40.0 Å². The molecule has 0 aliphatic carbocycles. The van der Waals surface area contributed by atoms with Gasteiger partial charge in [0.2, 0.25) is 0 Å². The molecular formula is C43H29N5O2. The van der Waals surface area contributed by atoms with Gasteiger partial charge in [-0.15, -0.1) is 0 Å². The van der Waals surface area contributed by atoms with E-state index in [-0.39, 0.29) is 11.8 Å². The van der Waals surface area contributed by atoms with Crippen LogP contribution in [0, 0.1) is 13.8 Å². The number of carbonyl (C=O) groups is 2. The lowest BCUT2D eigenvalue weighted by molar-refractivity contribution is 0.0926. The summed E-state index contributed by atoms with van der Waals surface area (Å²) in [5, 5.41) is 2.04. The van der Waals surface area contributed by atoms with Gasteiger partial charge >= 0.3 is 0 Å². The third-order valence-corrected chi connectivity index (χ3v) is 9.35. The van der Waals surface area contributed by atoms with Crippen LogP contribution < -0.4 is 4.90 Å². The summed E-state index contributed by atoms with van der Waals surface area (Å²) in [7, 11) is 0. The number of aryl methyl sites for hydroxylation is 2. The fourth-order valence-electron chi connectivity index (χ4n) is 7.26. The van der Waals surface area contributed by atoms with Gasteiger partial charge in [-0.2, -0.15) is 0 Å². The van der Waals surface area contributed by atoms with Crippen molar-refractivity contribution in [2.75, 3.05) is 4.90 Å². The van der Waals surface area contributed by atoms with Crippen LogP contribution in [-0.4, -0.2) is 31.3 Å². The molecule has 3 heterocycles. The van der Waals surface area contributed by atoms with Gasteiger partial charge in [-0.3, -0.25) is 9.59 Å². The van der Waals surface area contributed by atoms with Gasteiger partial charge in [0.05, 0.1) is 33.5 Å². The van der Waals surface area contributed by atoms with Crippen LogP contribution in [0.15, 0.2) is 140 Å². The van der Waals surface area contributed by atoms with Crippen LogP contribution in [-0.2, 0) is 0 Å². The Morgan fingerprint density at radius 1 is 0.480 bits per heavy atom. The van der Waals surface area contributed by atoms with E-state index in [1.54, 1.807) is 6.07 Å². The molecule has 6 aromatic carbocycles. The topological polar surface area (TPSA) is 81.0 Å². The smallest absolute Gasteiger partial charge is 0.268 e. The number of para-hydroxylation sites is 2. The highest BCUT2D eigenvalue weighted by Crippen LogP contribution is 2.45. The van der Waals surface area contributed by atoms with Gasteiger partial charge < -0.3 is 4.57 Å². The van der Waals surface area contributed by atoms with Crippen LogP contribution in [0.2, 0.25) is 0 Å². The highest BCUT2D eigenvalue weighted by atomic mass is 16.2. The molecule has 1 aliphatic rings. The minimum Gasteiger partial charge on any atom is -0.308 e. The number of anilines is 1. The van der Waals surface area contributed by atoms with Crippen LogP contribution >= 0.6 is 0 Å². The van der Waals surface area contributed by atoms with Crippen molar-refractivity contribution < 1.29 is 9.59 Å². The largest absolute Gasteiger partial charge is 0.308 e. The maximum absolute atomic E-state index is 15.0. The van der Waals surface area contributed by atoms with Crippen LogP contribution in [0.1, 0.15) is 32.4 Å². The summed E-state index contributed by atoms with van der Waals surface area (Å²) in [4.78, 5) is 44.6. The van der Waals surface area contributed by atoms with Crippen molar-refractivity contribution >= 4 is 39.3 Å². The fourth-order valence-corrected chi connectivity index (χ4v) is 7.26. The fraction of sp³-hybridized carbons (Fsp3) is 0.0465. The molecule has 0 bridgehead atoms. The predicted molar refractivity (Wildman–Crippen MR) is 198 cm³/mol. The predicted octanol–water partition coefficient (Wildman–Crippen LogP) is 9.39. The van der Waals surface area contributed by atoms with Crippen LogP contribution in [0.25, 0.3) is 61.1 Å². The van der Waals surface area contributed by atoms with E-state index in [1.165, 1.54) is 4.90 Å². The second-order valence-electron chi connectivity index (χ2n) is 12.4. The number of aromatic nitrogens is 4. The summed E-state index contributed by atoms with van der Waals surface area (Å²) >= 11 is 0. The molecule has 0 spiro atoms. The first-order valence-corrected chi connectivity index (χ1v) is 16.5. The molecule has 238 valence electrons. The zero-order chi connectivity index (χ0) is 33.9. The van der Waals surface area contributed by atoms with Crippen LogP contribution in [0.5, 0.6) is 0 Å². The number of rotatable bonds is 5. The number of hydrogen-bond acceptors (Lipinski definition) is 5. The zero-order valence-electron chi connectivity index (χ0n) is 27.3. The molecule has 2 amide bonds. The molecule has 9 rings (SSSR count). The highest BCUT2D eigenvalue weighted by Gasteiger charge is 2.41. The molecule has 7 heteroatoms. The van der Waals surface area contributed by atoms with Crippen molar-refractivity contribution in [3.8, 4) is 39.3 Å². The first-order valence-electron chi connectivity index (χ1n) is 16.5. The van der Waals surface area contributed by atoms with E-state index in [2.05, 4.69) is 37.7 Å². The number of amides is 2. The molecule has 0 atom stereocenters. The number of carbonyl (C=O) groups excluding carboxylic acids is 2. The van der Waals surface area contributed by atoms with Crippen molar-refractivity contribution in [2.24, 2.45) is 0 Å². The Hall–Kier alpha value is -6.73. The number of nitrogens with zero attached hydrogens (tertiary/aromatic N) is 5. The van der Waals surface area contributed by atoms with E-state index in [4.69, 9.17) is 0 Å². The highest BCUT2D eigenvalue weighted by molar-refractivity contribution is 6.37. The number of benzene rings is 6. The summed E-state index contributed by atoms with van der Waals surface area (Å²) in [6.45, 7) is 3.71. The first kappa shape index (κ1) is 29.4. The molecule has 7 nitrogen and oxygen atoms in total. The molecule has 0 unspecified atom stereocenters. The van der Waals surface area contributed by atoms with Crippen molar-refractivity contribution in [3.05, 3.63) is 162 Å². The molecule has 2 aromatic heterocycles. The van der Waals surface area contributed by atoms with E-state index in [9.17, 15) is 9.59 Å². The maximum atomic E-state index is 15.0. The molecule has 1 aliphatic heterocycles. The quantitative estimate of drug-likeness (QED) is 0.174. The third kappa shape index (κ3) is 4.55. The van der Waals surface area contributed by atoms with Gasteiger partial charge in [0.15, 0.2) is 5.82 Å². The second-order valence-corrected chi connectivity index (χ2v) is 12.4. The van der Waals surface area contributed by atoms with Crippen molar-refractivity contribution in [3.63, 3.8) is 0 Å². The molecule has 0 N–H and O–H groups in total. The number of fused-ring (bicyclic) bond motifs is 4. The molecule has 0 fully saturated rings. The standard InChI is InChI=1S/C43H29N5O2/c1-26-44-27(2)46-41(45-26)30-23-24-34-33-17-9-10-21-36(33)47(38(34)25-30)37-22-12-20-35-39(37)43(50)48(42(35)49)40-31(28-13-5-3-6-14-28)18-11-19-32(40)29-15-7-4-8-16-29/h3-25H,1-2H3. The molecule has 8 aromatic rings. The summed E-state index contributed by atoms with van der Waals surface area (Å²) in [5.41, 5.74) is 7.97. The monoisotopic (exact) mass is 647 g/mol. The molecule has 0 radical (unpaired) electrons. The van der Waals surface area contributed by atoms with Gasteiger partial charge in [-0.05, 0) is 49.2 Å². The Morgan fingerprint density at radius 2 is 1.06 bits per heavy atom. The van der Waals surface area contributed by atoms with Gasteiger partial charge in [0.1, 0.15) is 11.6 Å². The lowest BCUT2D eigenvalue weighted by Crippen LogP contribution is -2.30. The lowest BCUT2D eigenvalue weighted by atomic mass is 9.95. The van der Waals surface area contributed by atoms with E-state index in [0.717, 1.165) is 49.6 Å². The van der Waals surface area contributed by atoms with E-state index < -0.39 is 0 Å². The van der Waals surface area contributed by atoms with Gasteiger partial charge in [-0.1, -0.05) is 115 Å². The number of hydrogen-bond donors (Lipinski definition) is 0. The Labute approximate surface area is 288 Å². The van der Waals surface area contributed by atoms with Gasteiger partial charge in [0.25, 0.3) is 11.8 Å². The third-order valence-electron chi connectivity index (χ3n) is 9.35. The van der Waals surface area contributed by atoms with Crippen molar-refractivity contribution in [2.45, 2.75) is 13.8 Å². The van der Waals surface area contributed by atoms with Crippen LogP contribution in [0.4, 0.5) is 5.69 Å². The van der Waals surface area contributed by atoms with Crippen molar-refractivity contribution in [1.29, 1.82) is 0 Å². The van der Waals surface area contributed by atoms with Gasteiger partial charge in [-0.25, -0.2) is 19.9 Å². The number of imide groups is 1. The Balaban J connectivity index is 1.28. The molecule has 0 saturated heterocycles. The average Bonchev–Trinajstić information content (AvgIpc) is 3.61. The summed E-state index contributed by atoms with van der Waals surface area (Å²) in [5.74, 6) is 1.14. The first-order chi connectivity index (χ1) is 24.5. The van der Waals surface area contributed by atoms with Crippen molar-refractivity contribution in [1.82, 2.24) is 19.5 Å². The SMILES string of the molecule is Cc1nc(C)nc(-c2ccc3c4ccccc4n(-c4cccc5c4C(=O)N(c4c(-c6ccccc6)cccc4-c4ccccc4)C5=O)c3c2)n1. The summed E-state index contributed by atoms with van der Waals surface area (Å²) in [6, 6.07) is 45.5. The maximum Gasteiger partial charge on any atom is 0.268 e. The van der Waals surface area contributed by atoms with E-state index >= 15 is 0 Å². The lowest BCUT2D eigenvalue weighted by Gasteiger charge is -2.23. The average molecular weight is 648 g/mol. The summed E-state index contributed by atoms with van der Waals surface area (Å²) < 4.78 is 2.09. The minimum absolute atomic E-state index is 0.356. The van der Waals surface area contributed by atoms with E-state index in [1.807, 2.05) is 129 Å². The Morgan fingerprint density at radius 3 is 1.74 bits per heavy atom. The Bertz CT molecular complexity index is 2590. The second kappa shape index (κ2) is 11.5. The zero-order valence-corrected chi connectivity index (χ0v) is 27.3. The van der Waals surface area contributed by atoms with Crippen LogP contribution in [0.3, 0.4) is 0 Å². The minimum atomic E-state index is -0.369. The molecule has 0 saturated carbocycles.